The van der Waals surface area contributed by atoms with Gasteiger partial charge in [0.2, 0.25) is 0 Å². The number of aliphatic hydroxyl groups excluding tert-OH is 1. The van der Waals surface area contributed by atoms with Gasteiger partial charge in [0, 0.05) is 12.1 Å². The lowest BCUT2D eigenvalue weighted by Crippen LogP contribution is -2.33. The number of rotatable bonds is 16. The van der Waals surface area contributed by atoms with Crippen LogP contribution in [-0.2, 0) is 16.2 Å². The molecule has 1 amide bonds. The highest BCUT2D eigenvalue weighted by Gasteiger charge is 2.46. The zero-order valence-electron chi connectivity index (χ0n) is 26.3. The first-order valence-corrected chi connectivity index (χ1v) is 15.5. The van der Waals surface area contributed by atoms with Crippen molar-refractivity contribution in [3.8, 4) is 17.2 Å². The molecule has 1 aliphatic rings. The van der Waals surface area contributed by atoms with Crippen LogP contribution in [0, 0.1) is 0 Å². The van der Waals surface area contributed by atoms with Gasteiger partial charge in [0.15, 0.2) is 11.5 Å². The summed E-state index contributed by atoms with van der Waals surface area (Å²) in [7, 11) is 1.56. The summed E-state index contributed by atoms with van der Waals surface area (Å²) in [4.78, 5) is 30.9. The molecule has 0 aromatic heterocycles. The number of nitrogens with zero attached hydrogens (tertiary/aromatic N) is 2. The van der Waals surface area contributed by atoms with Crippen LogP contribution < -0.4 is 14.2 Å². The third-order valence-electron chi connectivity index (χ3n) is 7.94. The van der Waals surface area contributed by atoms with E-state index in [0.29, 0.717) is 54.6 Å². The Hall–Kier alpha value is -4.30. The minimum absolute atomic E-state index is 0.0532. The summed E-state index contributed by atoms with van der Waals surface area (Å²) >= 11 is 0. The highest BCUT2D eigenvalue weighted by molar-refractivity contribution is 6.46. The number of likely N-dealkylation sites (tertiary alicyclic amines) is 1. The first-order valence-electron chi connectivity index (χ1n) is 15.5. The molecule has 8 nitrogen and oxygen atoms in total. The van der Waals surface area contributed by atoms with Crippen molar-refractivity contribution in [1.82, 2.24) is 9.80 Å². The zero-order valence-corrected chi connectivity index (χ0v) is 26.3. The Morgan fingerprint density at radius 2 is 1.61 bits per heavy atom. The molecule has 4 rings (SSSR count). The van der Waals surface area contributed by atoms with Gasteiger partial charge in [0.25, 0.3) is 11.7 Å². The molecule has 44 heavy (non-hydrogen) atoms. The molecule has 0 radical (unpaired) electrons. The molecule has 234 valence electrons. The molecule has 3 aromatic rings. The molecular weight excluding hydrogens is 556 g/mol. The number of hydrogen-bond donors (Lipinski definition) is 1. The average Bonchev–Trinajstić information content (AvgIpc) is 3.31. The highest BCUT2D eigenvalue weighted by atomic mass is 16.5. The number of aliphatic hydroxyl groups is 1. The fraction of sp³-hybridized carbons (Fsp3) is 0.389. The van der Waals surface area contributed by atoms with Crippen molar-refractivity contribution in [3.05, 3.63) is 95.1 Å². The van der Waals surface area contributed by atoms with Gasteiger partial charge in [-0.05, 0) is 80.0 Å². The van der Waals surface area contributed by atoms with E-state index < -0.39 is 17.7 Å². The molecule has 0 saturated carbocycles. The predicted octanol–water partition coefficient (Wildman–Crippen LogP) is 6.61. The van der Waals surface area contributed by atoms with Gasteiger partial charge in [0.1, 0.15) is 18.1 Å². The van der Waals surface area contributed by atoms with Gasteiger partial charge >= 0.3 is 0 Å². The van der Waals surface area contributed by atoms with E-state index in [0.717, 1.165) is 38.0 Å². The van der Waals surface area contributed by atoms with Gasteiger partial charge in [-0.2, -0.15) is 0 Å². The topological polar surface area (TPSA) is 88.5 Å². The summed E-state index contributed by atoms with van der Waals surface area (Å²) in [6, 6.07) is 21.4. The lowest BCUT2D eigenvalue weighted by atomic mass is 9.95. The molecule has 1 aliphatic heterocycles. The largest absolute Gasteiger partial charge is 0.507 e. The number of ether oxygens (including phenoxy) is 3. The van der Waals surface area contributed by atoms with E-state index in [-0.39, 0.29) is 11.3 Å². The average molecular weight is 601 g/mol. The second-order valence-corrected chi connectivity index (χ2v) is 10.8. The summed E-state index contributed by atoms with van der Waals surface area (Å²) < 4.78 is 17.5. The van der Waals surface area contributed by atoms with Crippen LogP contribution in [-0.4, -0.2) is 66.5 Å². The summed E-state index contributed by atoms with van der Waals surface area (Å²) in [5, 5.41) is 11.5. The van der Waals surface area contributed by atoms with Crippen molar-refractivity contribution in [2.45, 2.75) is 52.7 Å². The number of ketones is 1. The highest BCUT2D eigenvalue weighted by Crippen LogP contribution is 2.42. The number of benzene rings is 3. The number of hydrogen-bond acceptors (Lipinski definition) is 7. The Balaban J connectivity index is 1.67. The van der Waals surface area contributed by atoms with Crippen LogP contribution in [0.1, 0.15) is 62.8 Å². The van der Waals surface area contributed by atoms with Gasteiger partial charge in [-0.25, -0.2) is 0 Å². The third kappa shape index (κ3) is 7.80. The Morgan fingerprint density at radius 3 is 2.27 bits per heavy atom. The normalized spacial score (nSPS) is 16.0. The van der Waals surface area contributed by atoms with E-state index in [1.54, 1.807) is 48.4 Å². The summed E-state index contributed by atoms with van der Waals surface area (Å²) in [5.41, 5.74) is 2.18. The smallest absolute Gasteiger partial charge is 0.295 e. The van der Waals surface area contributed by atoms with Crippen LogP contribution >= 0.6 is 0 Å². The van der Waals surface area contributed by atoms with Crippen molar-refractivity contribution in [3.63, 3.8) is 0 Å². The fourth-order valence-corrected chi connectivity index (χ4v) is 5.37. The van der Waals surface area contributed by atoms with Crippen LogP contribution in [0.2, 0.25) is 0 Å². The van der Waals surface area contributed by atoms with Gasteiger partial charge in [-0.15, -0.1) is 0 Å². The van der Waals surface area contributed by atoms with Crippen LogP contribution in [0.15, 0.2) is 78.4 Å². The van der Waals surface area contributed by atoms with E-state index in [1.165, 1.54) is 0 Å². The predicted molar refractivity (Wildman–Crippen MR) is 172 cm³/mol. The fourth-order valence-electron chi connectivity index (χ4n) is 5.37. The van der Waals surface area contributed by atoms with Crippen molar-refractivity contribution < 1.29 is 28.9 Å². The molecule has 1 saturated heterocycles. The maximum atomic E-state index is 13.5. The summed E-state index contributed by atoms with van der Waals surface area (Å²) in [6.45, 7) is 10.2. The molecule has 0 bridgehead atoms. The minimum atomic E-state index is -0.778. The molecule has 1 atom stereocenters. The second-order valence-electron chi connectivity index (χ2n) is 10.8. The maximum Gasteiger partial charge on any atom is 0.295 e. The Morgan fingerprint density at radius 1 is 0.886 bits per heavy atom. The standard InChI is InChI=1S/C36H44N2O6/c1-5-8-23-43-30-20-17-28(24-31(30)42-4)33-32(35(40)36(41)38(33)22-12-21-37(6-2)7-3)34(39)27-15-18-29(19-16-27)44-25-26-13-10-9-11-14-26/h9-11,13-20,24,33,39H,5-8,12,21-23,25H2,1-4H3/t33-/m1/s1. The van der Waals surface area contributed by atoms with Gasteiger partial charge < -0.3 is 29.1 Å². The van der Waals surface area contributed by atoms with Gasteiger partial charge in [0.05, 0.1) is 25.3 Å². The molecule has 8 heteroatoms. The number of unbranched alkanes of at least 4 members (excludes halogenated alkanes) is 1. The lowest BCUT2D eigenvalue weighted by molar-refractivity contribution is -0.140. The molecular formula is C36H44N2O6. The number of carbonyl (C=O) groups excluding carboxylic acids is 2. The monoisotopic (exact) mass is 600 g/mol. The quantitative estimate of drug-likeness (QED) is 0.0857. The SMILES string of the molecule is CCCCOc1ccc([C@@H]2C(=C(O)c3ccc(OCc4ccccc4)cc3)C(=O)C(=O)N2CCCN(CC)CC)cc1OC. The van der Waals surface area contributed by atoms with Crippen molar-refractivity contribution in [2.24, 2.45) is 0 Å². The molecule has 0 spiro atoms. The third-order valence-corrected chi connectivity index (χ3v) is 7.94. The number of Topliss-reactive ketones (excluding diaryl/α,β-unsaturated/α-hetero) is 1. The first-order chi connectivity index (χ1) is 21.4. The number of amides is 1. The van der Waals surface area contributed by atoms with Gasteiger partial charge in [-0.3, -0.25) is 9.59 Å². The molecule has 1 N–H and O–H groups in total. The van der Waals surface area contributed by atoms with Crippen LogP contribution in [0.25, 0.3) is 5.76 Å². The van der Waals surface area contributed by atoms with E-state index in [9.17, 15) is 14.7 Å². The maximum absolute atomic E-state index is 13.5. The Bertz CT molecular complexity index is 1420. The molecule has 0 aliphatic carbocycles. The molecule has 3 aromatic carbocycles. The van der Waals surface area contributed by atoms with Crippen molar-refractivity contribution in [1.29, 1.82) is 0 Å². The van der Waals surface area contributed by atoms with Crippen molar-refractivity contribution in [2.75, 3.05) is 39.9 Å². The zero-order chi connectivity index (χ0) is 31.5. The molecule has 1 fully saturated rings. The minimum Gasteiger partial charge on any atom is -0.507 e. The number of methoxy groups -OCH3 is 1. The van der Waals surface area contributed by atoms with Gasteiger partial charge in [-0.1, -0.05) is 63.6 Å². The van der Waals surface area contributed by atoms with E-state index in [1.807, 2.05) is 36.4 Å². The van der Waals surface area contributed by atoms with Crippen LogP contribution in [0.5, 0.6) is 17.2 Å². The summed E-state index contributed by atoms with van der Waals surface area (Å²) in [5.74, 6) is 0.170. The Kier molecular flexibility index (Phi) is 11.8. The first kappa shape index (κ1) is 32.6. The molecule has 1 heterocycles. The number of carbonyl (C=O) groups is 2. The van der Waals surface area contributed by atoms with E-state index >= 15 is 0 Å². The molecule has 0 unspecified atom stereocenters. The van der Waals surface area contributed by atoms with Crippen molar-refractivity contribution >= 4 is 17.4 Å². The Labute approximate surface area is 260 Å². The lowest BCUT2D eigenvalue weighted by Gasteiger charge is -2.27. The van der Waals surface area contributed by atoms with Crippen LogP contribution in [0.3, 0.4) is 0 Å². The van der Waals surface area contributed by atoms with Crippen LogP contribution in [0.4, 0.5) is 0 Å². The van der Waals surface area contributed by atoms with E-state index in [2.05, 4.69) is 25.7 Å². The van der Waals surface area contributed by atoms with E-state index in [4.69, 9.17) is 14.2 Å². The summed E-state index contributed by atoms with van der Waals surface area (Å²) in [6.07, 6.45) is 2.60. The second kappa shape index (κ2) is 16.0.